The summed E-state index contributed by atoms with van der Waals surface area (Å²) in [7, 11) is 0. The van der Waals surface area contributed by atoms with Crippen LogP contribution in [0.5, 0.6) is 0 Å². The van der Waals surface area contributed by atoms with Crippen molar-refractivity contribution in [1.29, 1.82) is 0 Å². The summed E-state index contributed by atoms with van der Waals surface area (Å²) in [4.78, 5) is 39.2. The van der Waals surface area contributed by atoms with Gasteiger partial charge in [0.15, 0.2) is 0 Å². The van der Waals surface area contributed by atoms with Gasteiger partial charge in [0.2, 0.25) is 5.95 Å². The predicted octanol–water partition coefficient (Wildman–Crippen LogP) is 5.86. The molecule has 5 rings (SSSR count). The van der Waals surface area contributed by atoms with Crippen LogP contribution in [0.1, 0.15) is 43.0 Å². The maximum absolute atomic E-state index is 13.2. The van der Waals surface area contributed by atoms with E-state index in [1.54, 1.807) is 36.8 Å². The summed E-state index contributed by atoms with van der Waals surface area (Å²) >= 11 is 6.84. The van der Waals surface area contributed by atoms with Crippen LogP contribution in [0.3, 0.4) is 0 Å². The van der Waals surface area contributed by atoms with Crippen molar-refractivity contribution in [2.24, 2.45) is 5.10 Å². The zero-order chi connectivity index (χ0) is 31.3. The van der Waals surface area contributed by atoms with E-state index in [2.05, 4.69) is 35.6 Å². The van der Waals surface area contributed by atoms with Crippen LogP contribution in [0, 0.1) is 6.92 Å². The average Bonchev–Trinajstić information content (AvgIpc) is 3.37. The Kier molecular flexibility index (Phi) is 9.57. The van der Waals surface area contributed by atoms with Gasteiger partial charge in [-0.15, -0.1) is 11.3 Å². The fourth-order valence-corrected chi connectivity index (χ4v) is 5.85. The van der Waals surface area contributed by atoms with E-state index in [9.17, 15) is 22.8 Å². The first-order chi connectivity index (χ1) is 21.1. The molecule has 2 amide bonds. The quantitative estimate of drug-likeness (QED) is 0.185. The third kappa shape index (κ3) is 7.59. The number of hydrogen-bond donors (Lipinski definition) is 2. The van der Waals surface area contributed by atoms with Gasteiger partial charge in [-0.25, -0.2) is 15.4 Å². The van der Waals surface area contributed by atoms with E-state index >= 15 is 0 Å². The number of alkyl halides is 3. The van der Waals surface area contributed by atoms with Crippen LogP contribution in [0.25, 0.3) is 0 Å². The minimum Gasteiger partial charge on any atom is -0.338 e. The summed E-state index contributed by atoms with van der Waals surface area (Å²) in [5.41, 5.74) is 3.67. The first-order valence-electron chi connectivity index (χ1n) is 13.5. The highest BCUT2D eigenvalue weighted by Gasteiger charge is 2.33. The Morgan fingerprint density at radius 3 is 2.52 bits per heavy atom. The topological polar surface area (TPSA) is 103 Å². The van der Waals surface area contributed by atoms with E-state index in [1.807, 2.05) is 18.2 Å². The molecule has 0 aliphatic carbocycles. The number of carbonyl (C=O) groups excluding carboxylic acids is 2. The Hall–Kier alpha value is -4.33. The number of nitrogens with one attached hydrogen (secondary N) is 2. The molecule has 2 N–H and O–H groups in total. The number of amides is 2. The Bertz CT molecular complexity index is 1670. The molecule has 228 valence electrons. The lowest BCUT2D eigenvalue weighted by molar-refractivity contribution is -0.137. The average molecular weight is 642 g/mol. The number of hydrazone groups is 1. The summed E-state index contributed by atoms with van der Waals surface area (Å²) in [6.45, 7) is 5.63. The minimum absolute atomic E-state index is 0.101. The van der Waals surface area contributed by atoms with Crippen molar-refractivity contribution in [2.45, 2.75) is 19.6 Å². The van der Waals surface area contributed by atoms with Gasteiger partial charge in [-0.2, -0.15) is 18.3 Å². The Morgan fingerprint density at radius 1 is 1.05 bits per heavy atom. The second-order valence-electron chi connectivity index (χ2n) is 10.0. The molecule has 1 aliphatic rings. The molecule has 2 aromatic heterocycles. The molecular weight excluding hydrogens is 615 g/mol. The molecule has 0 atom stereocenters. The van der Waals surface area contributed by atoms with Gasteiger partial charge in [0.05, 0.1) is 22.4 Å². The minimum atomic E-state index is -4.63. The molecule has 4 aromatic rings. The number of carbonyl (C=O) groups is 2. The summed E-state index contributed by atoms with van der Waals surface area (Å²) in [6, 6.07) is 12.4. The van der Waals surface area contributed by atoms with Crippen LogP contribution in [0.2, 0.25) is 5.02 Å². The van der Waals surface area contributed by atoms with Crippen molar-refractivity contribution in [1.82, 2.24) is 20.3 Å². The van der Waals surface area contributed by atoms with Gasteiger partial charge in [0.1, 0.15) is 5.00 Å². The second-order valence-corrected chi connectivity index (χ2v) is 11.3. The van der Waals surface area contributed by atoms with Gasteiger partial charge in [0.25, 0.3) is 11.8 Å². The number of rotatable bonds is 8. The summed E-state index contributed by atoms with van der Waals surface area (Å²) in [5, 5.41) is 8.23. The second kappa shape index (κ2) is 13.5. The number of aryl methyl sites for hydroxylation is 1. The molecule has 1 saturated heterocycles. The number of aromatic nitrogens is 2. The highest BCUT2D eigenvalue weighted by atomic mass is 35.5. The number of thiophene rings is 1. The van der Waals surface area contributed by atoms with E-state index in [1.165, 1.54) is 17.4 Å². The number of benzene rings is 2. The van der Waals surface area contributed by atoms with E-state index in [-0.39, 0.29) is 17.0 Å². The first kappa shape index (κ1) is 31.1. The fraction of sp³-hybridized carbons (Fsp3) is 0.233. The molecule has 44 heavy (non-hydrogen) atoms. The predicted molar refractivity (Wildman–Crippen MR) is 164 cm³/mol. The van der Waals surface area contributed by atoms with Gasteiger partial charge >= 0.3 is 6.18 Å². The van der Waals surface area contributed by atoms with Gasteiger partial charge in [0, 0.05) is 50.7 Å². The van der Waals surface area contributed by atoms with Crippen LogP contribution >= 0.6 is 22.9 Å². The van der Waals surface area contributed by atoms with Crippen molar-refractivity contribution >= 4 is 51.9 Å². The van der Waals surface area contributed by atoms with Gasteiger partial charge in [-0.3, -0.25) is 14.5 Å². The standard InChI is InChI=1S/C30H27ClF3N7O2S/c1-19-18-44-28(25(19)27(43)39-37-16-20-6-7-24(31)23(15-20)30(32,33)34)38-26(42)22-5-2-4-21(14-22)17-40-10-12-41(13-11-40)29-35-8-3-9-36-29/h2-9,14-16,18H,10-13,17H2,1H3,(H,38,42)(H,39,43). The smallest absolute Gasteiger partial charge is 0.338 e. The highest BCUT2D eigenvalue weighted by Crippen LogP contribution is 2.35. The molecule has 0 spiro atoms. The third-order valence-electron chi connectivity index (χ3n) is 6.91. The van der Waals surface area contributed by atoms with Crippen LogP contribution < -0.4 is 15.6 Å². The molecule has 0 unspecified atom stereocenters. The number of nitrogens with zero attached hydrogens (tertiary/aromatic N) is 5. The zero-order valence-electron chi connectivity index (χ0n) is 23.4. The largest absolute Gasteiger partial charge is 0.417 e. The number of hydrogen-bond acceptors (Lipinski definition) is 8. The van der Waals surface area contributed by atoms with E-state index in [4.69, 9.17) is 11.6 Å². The van der Waals surface area contributed by atoms with Gasteiger partial charge in [-0.1, -0.05) is 29.8 Å². The van der Waals surface area contributed by atoms with E-state index in [0.29, 0.717) is 22.7 Å². The van der Waals surface area contributed by atoms with Crippen molar-refractivity contribution in [3.8, 4) is 0 Å². The maximum atomic E-state index is 13.2. The number of halogens is 4. The van der Waals surface area contributed by atoms with E-state index in [0.717, 1.165) is 56.0 Å². The molecule has 9 nitrogen and oxygen atoms in total. The summed E-state index contributed by atoms with van der Waals surface area (Å²) in [5.74, 6) is -0.275. The molecular formula is C30H27ClF3N7O2S. The molecule has 0 bridgehead atoms. The fourth-order valence-electron chi connectivity index (χ4n) is 4.69. The summed E-state index contributed by atoms with van der Waals surface area (Å²) < 4.78 is 39.4. The van der Waals surface area contributed by atoms with Crippen molar-refractivity contribution in [2.75, 3.05) is 36.4 Å². The monoisotopic (exact) mass is 641 g/mol. The number of piperazine rings is 1. The lowest BCUT2D eigenvalue weighted by Gasteiger charge is -2.34. The Labute approximate surface area is 260 Å². The lowest BCUT2D eigenvalue weighted by atomic mass is 10.1. The molecule has 2 aromatic carbocycles. The molecule has 1 aliphatic heterocycles. The lowest BCUT2D eigenvalue weighted by Crippen LogP contribution is -2.46. The first-order valence-corrected chi connectivity index (χ1v) is 14.8. The molecule has 3 heterocycles. The summed E-state index contributed by atoms with van der Waals surface area (Å²) in [6.07, 6.45) is -0.0793. The van der Waals surface area contributed by atoms with E-state index < -0.39 is 22.7 Å². The number of anilines is 2. The van der Waals surface area contributed by atoms with Crippen LogP contribution in [0.4, 0.5) is 24.1 Å². The van der Waals surface area contributed by atoms with Gasteiger partial charge in [-0.05, 0) is 59.3 Å². The van der Waals surface area contributed by atoms with Crippen LogP contribution in [0.15, 0.2) is 71.4 Å². The van der Waals surface area contributed by atoms with Gasteiger partial charge < -0.3 is 10.2 Å². The molecule has 0 saturated carbocycles. The van der Waals surface area contributed by atoms with Crippen molar-refractivity contribution < 1.29 is 22.8 Å². The zero-order valence-corrected chi connectivity index (χ0v) is 25.0. The van der Waals surface area contributed by atoms with Crippen LogP contribution in [-0.4, -0.2) is 59.1 Å². The van der Waals surface area contributed by atoms with Crippen LogP contribution in [-0.2, 0) is 12.7 Å². The normalized spacial score (nSPS) is 14.2. The Morgan fingerprint density at radius 2 is 1.80 bits per heavy atom. The Balaban J connectivity index is 1.19. The molecule has 14 heteroatoms. The van der Waals surface area contributed by atoms with Crippen molar-refractivity contribution in [3.05, 3.63) is 105 Å². The SMILES string of the molecule is Cc1csc(NC(=O)c2cccc(CN3CCN(c4ncccn4)CC3)c2)c1C(=O)NN=Cc1ccc(Cl)c(C(F)(F)F)c1. The molecule has 1 fully saturated rings. The van der Waals surface area contributed by atoms with Crippen molar-refractivity contribution in [3.63, 3.8) is 0 Å². The molecule has 0 radical (unpaired) electrons. The maximum Gasteiger partial charge on any atom is 0.417 e. The third-order valence-corrected chi connectivity index (χ3v) is 8.25. The highest BCUT2D eigenvalue weighted by molar-refractivity contribution is 7.15.